The van der Waals surface area contributed by atoms with Gasteiger partial charge in [-0.1, -0.05) is 0 Å². The van der Waals surface area contributed by atoms with E-state index in [4.69, 9.17) is 15.2 Å². The first-order valence-corrected chi connectivity index (χ1v) is 6.93. The molecule has 2 N–H and O–H groups in total. The molecule has 0 aliphatic carbocycles. The van der Waals surface area contributed by atoms with Gasteiger partial charge in [0.05, 0.1) is 13.2 Å². The van der Waals surface area contributed by atoms with Crippen molar-refractivity contribution in [2.75, 3.05) is 26.4 Å². The Hall–Kier alpha value is -1.14. The van der Waals surface area contributed by atoms with Gasteiger partial charge in [-0.15, -0.1) is 0 Å². The lowest BCUT2D eigenvalue weighted by atomic mass is 9.94. The van der Waals surface area contributed by atoms with E-state index in [1.165, 1.54) is 0 Å². The van der Waals surface area contributed by atoms with Gasteiger partial charge in [0.2, 0.25) is 5.91 Å². The average molecular weight is 270 g/mol. The predicted octanol–water partition coefficient (Wildman–Crippen LogP) is 0.0484. The molecular formula is C13H22N2O4. The van der Waals surface area contributed by atoms with E-state index in [1.807, 2.05) is 0 Å². The molecule has 0 spiro atoms. The van der Waals surface area contributed by atoms with Gasteiger partial charge in [-0.2, -0.15) is 0 Å². The standard InChI is InChI=1S/C13H22N2O4/c1-2-19-11(16)10-5-3-4-7-15(10)12(17)13(14)6-8-18-9-13/h10H,2-9,14H2,1H3. The van der Waals surface area contributed by atoms with Crippen molar-refractivity contribution in [2.24, 2.45) is 5.73 Å². The summed E-state index contributed by atoms with van der Waals surface area (Å²) in [4.78, 5) is 26.1. The summed E-state index contributed by atoms with van der Waals surface area (Å²) in [7, 11) is 0. The Kier molecular flexibility index (Phi) is 4.42. The van der Waals surface area contributed by atoms with Crippen LogP contribution in [0.5, 0.6) is 0 Å². The minimum Gasteiger partial charge on any atom is -0.464 e. The van der Waals surface area contributed by atoms with Crippen LogP contribution in [0, 0.1) is 0 Å². The molecule has 1 amide bonds. The Morgan fingerprint density at radius 1 is 1.47 bits per heavy atom. The van der Waals surface area contributed by atoms with Crippen molar-refractivity contribution >= 4 is 11.9 Å². The van der Waals surface area contributed by atoms with Crippen LogP contribution < -0.4 is 5.73 Å². The van der Waals surface area contributed by atoms with Gasteiger partial charge in [0.25, 0.3) is 0 Å². The van der Waals surface area contributed by atoms with Crippen molar-refractivity contribution < 1.29 is 19.1 Å². The Labute approximate surface area is 113 Å². The van der Waals surface area contributed by atoms with Crippen LogP contribution >= 0.6 is 0 Å². The number of esters is 1. The van der Waals surface area contributed by atoms with Gasteiger partial charge in [-0.25, -0.2) is 4.79 Å². The lowest BCUT2D eigenvalue weighted by Gasteiger charge is -2.38. The van der Waals surface area contributed by atoms with Crippen LogP contribution in [0.3, 0.4) is 0 Å². The van der Waals surface area contributed by atoms with Gasteiger partial charge in [0, 0.05) is 13.2 Å². The largest absolute Gasteiger partial charge is 0.464 e. The van der Waals surface area contributed by atoms with Gasteiger partial charge in [0.15, 0.2) is 0 Å². The van der Waals surface area contributed by atoms with E-state index in [1.54, 1.807) is 11.8 Å². The molecule has 6 nitrogen and oxygen atoms in total. The molecule has 6 heteroatoms. The number of nitrogens with zero attached hydrogens (tertiary/aromatic N) is 1. The molecule has 2 unspecified atom stereocenters. The lowest BCUT2D eigenvalue weighted by Crippen LogP contribution is -2.61. The monoisotopic (exact) mass is 270 g/mol. The Bertz CT molecular complexity index is 353. The van der Waals surface area contributed by atoms with Crippen molar-refractivity contribution in [1.29, 1.82) is 0 Å². The third-order valence-corrected chi connectivity index (χ3v) is 3.80. The Balaban J connectivity index is 2.10. The molecule has 2 heterocycles. The summed E-state index contributed by atoms with van der Waals surface area (Å²) in [6, 6.07) is -0.484. The minimum absolute atomic E-state index is 0.178. The summed E-state index contributed by atoms with van der Waals surface area (Å²) in [5, 5.41) is 0. The normalized spacial score (nSPS) is 31.3. The first kappa shape index (κ1) is 14.3. The molecule has 0 radical (unpaired) electrons. The molecule has 2 aliphatic rings. The number of piperidine rings is 1. The first-order chi connectivity index (χ1) is 9.08. The zero-order valence-electron chi connectivity index (χ0n) is 11.4. The molecule has 0 saturated carbocycles. The summed E-state index contributed by atoms with van der Waals surface area (Å²) in [5.74, 6) is -0.499. The Morgan fingerprint density at radius 3 is 2.89 bits per heavy atom. The second kappa shape index (κ2) is 5.88. The van der Waals surface area contributed by atoms with Gasteiger partial charge in [-0.05, 0) is 32.6 Å². The summed E-state index contributed by atoms with van der Waals surface area (Å²) < 4.78 is 10.3. The molecule has 2 rings (SSSR count). The quantitative estimate of drug-likeness (QED) is 0.733. The van der Waals surface area contributed by atoms with E-state index in [2.05, 4.69) is 0 Å². The van der Waals surface area contributed by atoms with E-state index in [0.717, 1.165) is 12.8 Å². The maximum Gasteiger partial charge on any atom is 0.328 e. The van der Waals surface area contributed by atoms with Gasteiger partial charge < -0.3 is 20.1 Å². The molecular weight excluding hydrogens is 248 g/mol. The molecule has 2 fully saturated rings. The fraction of sp³-hybridized carbons (Fsp3) is 0.846. The maximum atomic E-state index is 12.6. The molecule has 0 aromatic carbocycles. The third-order valence-electron chi connectivity index (χ3n) is 3.80. The van der Waals surface area contributed by atoms with Crippen molar-refractivity contribution in [1.82, 2.24) is 4.90 Å². The number of likely N-dealkylation sites (tertiary alicyclic amines) is 1. The molecule has 0 aromatic rings. The smallest absolute Gasteiger partial charge is 0.328 e. The molecule has 2 saturated heterocycles. The maximum absolute atomic E-state index is 12.6. The van der Waals surface area contributed by atoms with Crippen molar-refractivity contribution in [3.05, 3.63) is 0 Å². The van der Waals surface area contributed by atoms with Crippen LogP contribution in [-0.4, -0.2) is 54.7 Å². The van der Waals surface area contributed by atoms with E-state index in [9.17, 15) is 9.59 Å². The van der Waals surface area contributed by atoms with E-state index >= 15 is 0 Å². The van der Waals surface area contributed by atoms with Crippen molar-refractivity contribution in [3.63, 3.8) is 0 Å². The summed E-state index contributed by atoms with van der Waals surface area (Å²) in [6.07, 6.45) is 3.00. The predicted molar refractivity (Wildman–Crippen MR) is 68.3 cm³/mol. The highest BCUT2D eigenvalue weighted by atomic mass is 16.5. The van der Waals surface area contributed by atoms with Gasteiger partial charge >= 0.3 is 5.97 Å². The molecule has 19 heavy (non-hydrogen) atoms. The number of carbonyl (C=O) groups is 2. The average Bonchev–Trinajstić information content (AvgIpc) is 2.86. The minimum atomic E-state index is -0.970. The summed E-state index contributed by atoms with van der Waals surface area (Å²) >= 11 is 0. The zero-order chi connectivity index (χ0) is 13.9. The van der Waals surface area contributed by atoms with E-state index < -0.39 is 11.6 Å². The van der Waals surface area contributed by atoms with Gasteiger partial charge in [-0.3, -0.25) is 4.79 Å². The Morgan fingerprint density at radius 2 is 2.26 bits per heavy atom. The highest BCUT2D eigenvalue weighted by Gasteiger charge is 2.45. The second-order valence-electron chi connectivity index (χ2n) is 5.22. The fourth-order valence-corrected chi connectivity index (χ4v) is 2.69. The van der Waals surface area contributed by atoms with Crippen LogP contribution in [-0.2, 0) is 19.1 Å². The molecule has 108 valence electrons. The molecule has 2 aliphatic heterocycles. The molecule has 0 bridgehead atoms. The number of nitrogens with two attached hydrogens (primary N) is 1. The molecule has 0 aromatic heterocycles. The molecule has 2 atom stereocenters. The number of ether oxygens (including phenoxy) is 2. The number of carbonyl (C=O) groups excluding carboxylic acids is 2. The number of hydrogen-bond acceptors (Lipinski definition) is 5. The SMILES string of the molecule is CCOC(=O)C1CCCCN1C(=O)C1(N)CCOC1. The van der Waals surface area contributed by atoms with Crippen LogP contribution in [0.15, 0.2) is 0 Å². The fourth-order valence-electron chi connectivity index (χ4n) is 2.69. The van der Waals surface area contributed by atoms with Gasteiger partial charge in [0.1, 0.15) is 11.6 Å². The first-order valence-electron chi connectivity index (χ1n) is 6.93. The van der Waals surface area contributed by atoms with E-state index in [0.29, 0.717) is 32.6 Å². The number of amides is 1. The van der Waals surface area contributed by atoms with Crippen molar-refractivity contribution in [3.8, 4) is 0 Å². The highest BCUT2D eigenvalue weighted by molar-refractivity contribution is 5.91. The van der Waals surface area contributed by atoms with Crippen molar-refractivity contribution in [2.45, 2.75) is 44.2 Å². The van der Waals surface area contributed by atoms with Crippen LogP contribution in [0.2, 0.25) is 0 Å². The van der Waals surface area contributed by atoms with Crippen LogP contribution in [0.1, 0.15) is 32.6 Å². The van der Waals surface area contributed by atoms with Crippen LogP contribution in [0.25, 0.3) is 0 Å². The number of hydrogen-bond donors (Lipinski definition) is 1. The highest BCUT2D eigenvalue weighted by Crippen LogP contribution is 2.25. The lowest BCUT2D eigenvalue weighted by molar-refractivity contribution is -0.158. The zero-order valence-corrected chi connectivity index (χ0v) is 11.4. The summed E-state index contributed by atoms with van der Waals surface area (Å²) in [5.41, 5.74) is 5.13. The third kappa shape index (κ3) is 2.90. The summed E-state index contributed by atoms with van der Waals surface area (Å²) in [6.45, 7) is 3.40. The second-order valence-corrected chi connectivity index (χ2v) is 5.22. The van der Waals surface area contributed by atoms with E-state index in [-0.39, 0.29) is 18.5 Å². The number of rotatable bonds is 3. The topological polar surface area (TPSA) is 81.9 Å². The van der Waals surface area contributed by atoms with Crippen LogP contribution in [0.4, 0.5) is 0 Å².